The Morgan fingerprint density at radius 3 is 2.28 bits per heavy atom. The van der Waals surface area contributed by atoms with Crippen molar-refractivity contribution in [3.8, 4) is 11.5 Å². The van der Waals surface area contributed by atoms with E-state index in [0.717, 1.165) is 27.0 Å². The van der Waals surface area contributed by atoms with Crippen molar-refractivity contribution in [2.45, 2.75) is 13.5 Å². The van der Waals surface area contributed by atoms with Crippen LogP contribution in [-0.2, 0) is 11.4 Å². The van der Waals surface area contributed by atoms with E-state index in [-0.39, 0.29) is 18.3 Å². The summed E-state index contributed by atoms with van der Waals surface area (Å²) in [6.07, 6.45) is 1.83. The Morgan fingerprint density at radius 1 is 0.923 bits per heavy atom. The third-order valence-electron chi connectivity index (χ3n) is 5.76. The van der Waals surface area contributed by atoms with E-state index in [2.05, 4.69) is 15.9 Å². The van der Waals surface area contributed by atoms with Crippen LogP contribution in [-0.4, -0.2) is 17.7 Å². The van der Waals surface area contributed by atoms with Crippen molar-refractivity contribution >= 4 is 56.2 Å². The number of carbonyl (C=O) groups is 1. The summed E-state index contributed by atoms with van der Waals surface area (Å²) in [6.45, 7) is 2.59. The van der Waals surface area contributed by atoms with E-state index in [9.17, 15) is 9.18 Å². The number of para-hydroxylation sites is 2. The van der Waals surface area contributed by atoms with Crippen LogP contribution in [0.1, 0.15) is 18.1 Å². The molecule has 0 spiro atoms. The van der Waals surface area contributed by atoms with E-state index in [4.69, 9.17) is 14.5 Å². The topological polar surface area (TPSA) is 51.1 Å². The second kappa shape index (κ2) is 12.3. The summed E-state index contributed by atoms with van der Waals surface area (Å²) < 4.78 is 25.9. The number of carbonyl (C=O) groups excluding carboxylic acids is 1. The second-order valence-corrected chi connectivity index (χ2v) is 10.3. The molecule has 0 N–H and O–H groups in total. The molecular formula is C31H24BrFN2O3S. The molecule has 0 aromatic heterocycles. The highest BCUT2D eigenvalue weighted by molar-refractivity contribution is 9.10. The average Bonchev–Trinajstić information content (AvgIpc) is 3.25. The highest BCUT2D eigenvalue weighted by Gasteiger charge is 2.35. The molecule has 1 aliphatic heterocycles. The molecule has 1 saturated heterocycles. The third kappa shape index (κ3) is 6.41. The predicted octanol–water partition coefficient (Wildman–Crippen LogP) is 8.37. The van der Waals surface area contributed by atoms with Gasteiger partial charge in [0.25, 0.3) is 5.91 Å². The number of amidine groups is 1. The fraction of sp³-hybridized carbons (Fsp3) is 0.0968. The van der Waals surface area contributed by atoms with Crippen molar-refractivity contribution in [1.29, 1.82) is 0 Å². The van der Waals surface area contributed by atoms with Crippen LogP contribution in [0.25, 0.3) is 6.08 Å². The first-order chi connectivity index (χ1) is 19.0. The van der Waals surface area contributed by atoms with Gasteiger partial charge < -0.3 is 9.47 Å². The zero-order valence-corrected chi connectivity index (χ0v) is 23.4. The normalized spacial score (nSPS) is 15.3. The molecule has 196 valence electrons. The van der Waals surface area contributed by atoms with Crippen LogP contribution in [0.15, 0.2) is 111 Å². The van der Waals surface area contributed by atoms with Gasteiger partial charge in [0.15, 0.2) is 16.7 Å². The molecule has 0 unspecified atom stereocenters. The van der Waals surface area contributed by atoms with Crippen LogP contribution >= 0.6 is 27.7 Å². The minimum Gasteiger partial charge on any atom is -0.490 e. The van der Waals surface area contributed by atoms with Gasteiger partial charge in [-0.1, -0.05) is 64.5 Å². The largest absolute Gasteiger partial charge is 0.490 e. The molecule has 0 aliphatic carbocycles. The van der Waals surface area contributed by atoms with Gasteiger partial charge in [-0.3, -0.25) is 9.69 Å². The zero-order valence-electron chi connectivity index (χ0n) is 21.0. The van der Waals surface area contributed by atoms with Gasteiger partial charge in [-0.2, -0.15) is 0 Å². The summed E-state index contributed by atoms with van der Waals surface area (Å²) in [6, 6.07) is 28.8. The van der Waals surface area contributed by atoms with Gasteiger partial charge >= 0.3 is 0 Å². The van der Waals surface area contributed by atoms with Gasteiger partial charge in [0, 0.05) is 4.47 Å². The van der Waals surface area contributed by atoms with E-state index in [0.29, 0.717) is 28.2 Å². The Labute approximate surface area is 239 Å². The number of amides is 1. The maximum atomic E-state index is 13.6. The molecule has 0 bridgehead atoms. The predicted molar refractivity (Wildman–Crippen MR) is 159 cm³/mol. The van der Waals surface area contributed by atoms with Gasteiger partial charge in [0.2, 0.25) is 0 Å². The van der Waals surface area contributed by atoms with Crippen molar-refractivity contribution in [2.24, 2.45) is 4.99 Å². The molecule has 0 atom stereocenters. The minimum absolute atomic E-state index is 0.164. The molecule has 5 rings (SSSR count). The molecule has 1 heterocycles. The molecule has 4 aromatic rings. The van der Waals surface area contributed by atoms with Crippen molar-refractivity contribution in [2.75, 3.05) is 11.5 Å². The monoisotopic (exact) mass is 602 g/mol. The lowest BCUT2D eigenvalue weighted by Crippen LogP contribution is -2.28. The fourth-order valence-corrected chi connectivity index (χ4v) is 5.32. The van der Waals surface area contributed by atoms with Crippen molar-refractivity contribution in [3.05, 3.63) is 123 Å². The number of halogens is 2. The Balaban J connectivity index is 1.47. The Morgan fingerprint density at radius 2 is 1.59 bits per heavy atom. The number of anilines is 1. The van der Waals surface area contributed by atoms with Gasteiger partial charge in [0.1, 0.15) is 12.4 Å². The lowest BCUT2D eigenvalue weighted by molar-refractivity contribution is -0.113. The number of rotatable bonds is 8. The maximum absolute atomic E-state index is 13.6. The van der Waals surface area contributed by atoms with Gasteiger partial charge in [-0.25, -0.2) is 9.38 Å². The number of benzene rings is 4. The summed E-state index contributed by atoms with van der Waals surface area (Å²) >= 11 is 4.95. The van der Waals surface area contributed by atoms with Crippen LogP contribution in [0.4, 0.5) is 15.8 Å². The van der Waals surface area contributed by atoms with Crippen molar-refractivity contribution in [3.63, 3.8) is 0 Å². The van der Waals surface area contributed by atoms with Crippen molar-refractivity contribution in [1.82, 2.24) is 0 Å². The molecule has 5 nitrogen and oxygen atoms in total. The number of thioether (sulfide) groups is 1. The van der Waals surface area contributed by atoms with Gasteiger partial charge in [-0.05, 0) is 84.4 Å². The third-order valence-corrected chi connectivity index (χ3v) is 7.41. The summed E-state index contributed by atoms with van der Waals surface area (Å²) in [4.78, 5) is 20.6. The van der Waals surface area contributed by atoms with Crippen LogP contribution in [0.3, 0.4) is 0 Å². The number of aliphatic imine (C=N–C) groups is 1. The van der Waals surface area contributed by atoms with E-state index in [1.807, 2.05) is 85.8 Å². The lowest BCUT2D eigenvalue weighted by atomic mass is 10.1. The minimum atomic E-state index is -0.295. The molecule has 1 aliphatic rings. The second-order valence-electron chi connectivity index (χ2n) is 8.49. The summed E-state index contributed by atoms with van der Waals surface area (Å²) in [5.41, 5.74) is 3.10. The number of hydrogen-bond acceptors (Lipinski definition) is 5. The van der Waals surface area contributed by atoms with Gasteiger partial charge in [-0.15, -0.1) is 0 Å². The van der Waals surface area contributed by atoms with Crippen LogP contribution in [0.2, 0.25) is 0 Å². The summed E-state index contributed by atoms with van der Waals surface area (Å²) in [7, 11) is 0. The van der Waals surface area contributed by atoms with E-state index in [1.54, 1.807) is 17.0 Å². The first kappa shape index (κ1) is 26.7. The average molecular weight is 604 g/mol. The van der Waals surface area contributed by atoms with E-state index >= 15 is 0 Å². The first-order valence-corrected chi connectivity index (χ1v) is 13.9. The highest BCUT2D eigenvalue weighted by Crippen LogP contribution is 2.40. The Hall–Kier alpha value is -3.88. The standard InChI is InChI=1S/C31H24BrFN2O3S/c1-2-37-27-17-22(26(32)19-28(27)38-20-21-13-15-23(33)16-14-21)18-29-30(36)35(25-11-7-4-8-12-25)31(39-29)34-24-9-5-3-6-10-24/h3-19H,2,20H2,1H3/b29-18-,34-31?. The number of nitrogens with zero attached hydrogens (tertiary/aromatic N) is 2. The first-order valence-electron chi connectivity index (χ1n) is 12.3. The molecule has 1 amide bonds. The maximum Gasteiger partial charge on any atom is 0.271 e. The highest BCUT2D eigenvalue weighted by atomic mass is 79.9. The smallest absolute Gasteiger partial charge is 0.271 e. The quantitative estimate of drug-likeness (QED) is 0.190. The zero-order chi connectivity index (χ0) is 27.2. The number of ether oxygens (including phenoxy) is 2. The van der Waals surface area contributed by atoms with E-state index in [1.165, 1.54) is 23.9 Å². The SMILES string of the molecule is CCOc1cc(/C=C2\SC(=Nc3ccccc3)N(c3ccccc3)C2=O)c(Br)cc1OCc1ccc(F)cc1. The molecule has 0 saturated carbocycles. The fourth-order valence-electron chi connectivity index (χ4n) is 3.89. The lowest BCUT2D eigenvalue weighted by Gasteiger charge is -2.15. The van der Waals surface area contributed by atoms with Crippen LogP contribution < -0.4 is 14.4 Å². The summed E-state index contributed by atoms with van der Waals surface area (Å²) in [5, 5.41) is 0.573. The Kier molecular flexibility index (Phi) is 8.44. The molecule has 4 aromatic carbocycles. The molecule has 39 heavy (non-hydrogen) atoms. The molecule has 8 heteroatoms. The van der Waals surface area contributed by atoms with Crippen LogP contribution in [0, 0.1) is 5.82 Å². The molecule has 1 fully saturated rings. The van der Waals surface area contributed by atoms with Crippen molar-refractivity contribution < 1.29 is 18.7 Å². The van der Waals surface area contributed by atoms with Gasteiger partial charge in [0.05, 0.1) is 22.9 Å². The molecular weight excluding hydrogens is 579 g/mol. The van der Waals surface area contributed by atoms with Crippen LogP contribution in [0.5, 0.6) is 11.5 Å². The molecule has 0 radical (unpaired) electrons. The Bertz CT molecular complexity index is 1530. The summed E-state index contributed by atoms with van der Waals surface area (Å²) in [5.74, 6) is 0.624. The number of hydrogen-bond donors (Lipinski definition) is 0. The van der Waals surface area contributed by atoms with E-state index < -0.39 is 0 Å².